The van der Waals surface area contributed by atoms with Crippen LogP contribution < -0.4 is 0 Å². The molecule has 1 aliphatic heterocycles. The number of aromatic nitrogens is 2. The lowest BCUT2D eigenvalue weighted by Gasteiger charge is -2.18. The number of hydrogen-bond donors (Lipinski definition) is 1. The number of aryl methyl sites for hydroxylation is 2. The SMILES string of the molecule is Cc1nccn1CCCN1C[C@@H]2C(C(=O)O)[C@@H]2C1. The molecular weight excluding hydrogens is 230 g/mol. The van der Waals surface area contributed by atoms with Crippen molar-refractivity contribution in [3.05, 3.63) is 18.2 Å². The lowest BCUT2D eigenvalue weighted by molar-refractivity contribution is -0.139. The number of aliphatic carboxylic acids is 1. The van der Waals surface area contributed by atoms with Gasteiger partial charge in [0.2, 0.25) is 0 Å². The molecule has 0 aromatic carbocycles. The van der Waals surface area contributed by atoms with E-state index < -0.39 is 5.97 Å². The van der Waals surface area contributed by atoms with Crippen LogP contribution in [0.25, 0.3) is 0 Å². The second-order valence-electron chi connectivity index (χ2n) is 5.47. The Morgan fingerprint density at radius 3 is 2.72 bits per heavy atom. The third-order valence-corrected chi connectivity index (χ3v) is 4.35. The topological polar surface area (TPSA) is 58.4 Å². The molecule has 1 aliphatic carbocycles. The molecule has 18 heavy (non-hydrogen) atoms. The lowest BCUT2D eigenvalue weighted by Crippen LogP contribution is -2.27. The quantitative estimate of drug-likeness (QED) is 0.840. The Morgan fingerprint density at radius 2 is 2.17 bits per heavy atom. The van der Waals surface area contributed by atoms with Crippen LogP contribution in [0.15, 0.2) is 12.4 Å². The van der Waals surface area contributed by atoms with Gasteiger partial charge in [0.15, 0.2) is 0 Å². The van der Waals surface area contributed by atoms with Crippen LogP contribution in [0.2, 0.25) is 0 Å². The summed E-state index contributed by atoms with van der Waals surface area (Å²) in [5.41, 5.74) is 0. The molecule has 0 spiro atoms. The summed E-state index contributed by atoms with van der Waals surface area (Å²) in [5, 5.41) is 8.95. The summed E-state index contributed by atoms with van der Waals surface area (Å²) in [4.78, 5) is 17.5. The molecule has 0 bridgehead atoms. The fraction of sp³-hybridized carbons (Fsp3) is 0.692. The number of rotatable bonds is 5. The zero-order valence-corrected chi connectivity index (χ0v) is 10.6. The van der Waals surface area contributed by atoms with Crippen molar-refractivity contribution >= 4 is 5.97 Å². The average Bonchev–Trinajstić information content (AvgIpc) is 2.68. The van der Waals surface area contributed by atoms with Crippen LogP contribution in [0, 0.1) is 24.7 Å². The minimum absolute atomic E-state index is 0.0443. The molecule has 0 amide bonds. The molecule has 3 rings (SSSR count). The summed E-state index contributed by atoms with van der Waals surface area (Å²) >= 11 is 0. The highest BCUT2D eigenvalue weighted by atomic mass is 16.4. The van der Waals surface area contributed by atoms with Gasteiger partial charge in [-0.2, -0.15) is 0 Å². The largest absolute Gasteiger partial charge is 0.481 e. The third kappa shape index (κ3) is 2.03. The molecule has 2 aliphatic rings. The van der Waals surface area contributed by atoms with Gasteiger partial charge in [-0.25, -0.2) is 4.98 Å². The molecule has 5 nitrogen and oxygen atoms in total. The predicted molar refractivity (Wildman–Crippen MR) is 66.1 cm³/mol. The van der Waals surface area contributed by atoms with E-state index in [1.807, 2.05) is 19.3 Å². The van der Waals surface area contributed by atoms with E-state index in [4.69, 9.17) is 5.11 Å². The Hall–Kier alpha value is -1.36. The van der Waals surface area contributed by atoms with Gasteiger partial charge in [-0.1, -0.05) is 0 Å². The molecule has 2 fully saturated rings. The van der Waals surface area contributed by atoms with Gasteiger partial charge in [-0.05, 0) is 31.7 Å². The zero-order valence-electron chi connectivity index (χ0n) is 10.6. The van der Waals surface area contributed by atoms with Crippen molar-refractivity contribution in [2.75, 3.05) is 19.6 Å². The highest BCUT2D eigenvalue weighted by molar-refractivity contribution is 5.74. The standard InChI is InChI=1S/C13H19N3O2/c1-9-14-3-6-16(9)5-2-4-15-7-10-11(8-15)12(10)13(17)18/h3,6,10-12H,2,4-5,7-8H2,1H3,(H,17,18)/t10-,11+,12?. The molecule has 2 heterocycles. The fourth-order valence-electron chi connectivity index (χ4n) is 3.27. The molecule has 1 saturated carbocycles. The summed E-state index contributed by atoms with van der Waals surface area (Å²) in [6.07, 6.45) is 4.95. The highest BCUT2D eigenvalue weighted by Gasteiger charge is 2.59. The number of likely N-dealkylation sites (tertiary alicyclic amines) is 1. The average molecular weight is 249 g/mol. The molecule has 1 aromatic heterocycles. The molecule has 5 heteroatoms. The van der Waals surface area contributed by atoms with Crippen LogP contribution >= 0.6 is 0 Å². The molecule has 98 valence electrons. The minimum Gasteiger partial charge on any atom is -0.481 e. The first kappa shape index (κ1) is 11.7. The van der Waals surface area contributed by atoms with E-state index in [-0.39, 0.29) is 5.92 Å². The second-order valence-corrected chi connectivity index (χ2v) is 5.47. The summed E-state index contributed by atoms with van der Waals surface area (Å²) in [7, 11) is 0. The maximum Gasteiger partial charge on any atom is 0.307 e. The van der Waals surface area contributed by atoms with Gasteiger partial charge in [-0.3, -0.25) is 4.79 Å². The van der Waals surface area contributed by atoms with Crippen molar-refractivity contribution in [2.45, 2.75) is 19.9 Å². The van der Waals surface area contributed by atoms with E-state index >= 15 is 0 Å². The van der Waals surface area contributed by atoms with Crippen molar-refractivity contribution < 1.29 is 9.90 Å². The first-order chi connectivity index (χ1) is 8.66. The first-order valence-electron chi connectivity index (χ1n) is 6.59. The molecule has 1 aromatic rings. The molecule has 1 saturated heterocycles. The summed E-state index contributed by atoms with van der Waals surface area (Å²) in [6.45, 7) is 6.04. The van der Waals surface area contributed by atoms with Crippen molar-refractivity contribution in [1.82, 2.24) is 14.5 Å². The van der Waals surface area contributed by atoms with E-state index in [0.717, 1.165) is 38.4 Å². The molecular formula is C13H19N3O2. The second kappa shape index (κ2) is 4.39. The Morgan fingerprint density at radius 1 is 1.44 bits per heavy atom. The Bertz CT molecular complexity index is 445. The van der Waals surface area contributed by atoms with Gasteiger partial charge in [-0.15, -0.1) is 0 Å². The highest BCUT2D eigenvalue weighted by Crippen LogP contribution is 2.51. The number of piperidine rings is 1. The molecule has 1 N–H and O–H groups in total. The molecule has 1 unspecified atom stereocenters. The number of carboxylic acids is 1. The normalized spacial score (nSPS) is 30.4. The monoisotopic (exact) mass is 249 g/mol. The van der Waals surface area contributed by atoms with Crippen molar-refractivity contribution in [3.63, 3.8) is 0 Å². The number of hydrogen-bond acceptors (Lipinski definition) is 3. The Kier molecular flexibility index (Phi) is 2.86. The van der Waals surface area contributed by atoms with Gasteiger partial charge in [0.25, 0.3) is 0 Å². The van der Waals surface area contributed by atoms with E-state index in [9.17, 15) is 4.79 Å². The van der Waals surface area contributed by atoms with Gasteiger partial charge in [0, 0.05) is 32.0 Å². The molecule has 0 radical (unpaired) electrons. The van der Waals surface area contributed by atoms with Crippen molar-refractivity contribution in [3.8, 4) is 0 Å². The van der Waals surface area contributed by atoms with E-state index in [0.29, 0.717) is 11.8 Å². The minimum atomic E-state index is -0.598. The Labute approximate surface area is 106 Å². The predicted octanol–water partition coefficient (Wildman–Crippen LogP) is 0.844. The third-order valence-electron chi connectivity index (χ3n) is 4.35. The number of fused-ring (bicyclic) bond motifs is 1. The fourth-order valence-corrected chi connectivity index (χ4v) is 3.27. The maximum absolute atomic E-state index is 10.9. The van der Waals surface area contributed by atoms with Crippen molar-refractivity contribution in [1.29, 1.82) is 0 Å². The van der Waals surface area contributed by atoms with Crippen LogP contribution in [0.1, 0.15) is 12.2 Å². The van der Waals surface area contributed by atoms with Crippen molar-refractivity contribution in [2.24, 2.45) is 17.8 Å². The van der Waals surface area contributed by atoms with Gasteiger partial charge >= 0.3 is 5.97 Å². The van der Waals surface area contributed by atoms with Gasteiger partial charge < -0.3 is 14.6 Å². The number of carboxylic acid groups (broad SMARTS) is 1. The molecule has 3 atom stereocenters. The van der Waals surface area contributed by atoms with Gasteiger partial charge in [0.1, 0.15) is 5.82 Å². The lowest BCUT2D eigenvalue weighted by atomic mass is 10.2. The Balaban J connectivity index is 1.40. The summed E-state index contributed by atoms with van der Waals surface area (Å²) in [5.74, 6) is 1.27. The van der Waals surface area contributed by atoms with Crippen LogP contribution in [0.5, 0.6) is 0 Å². The smallest absolute Gasteiger partial charge is 0.307 e. The number of nitrogens with zero attached hydrogens (tertiary/aromatic N) is 3. The van der Waals surface area contributed by atoms with E-state index in [2.05, 4.69) is 14.5 Å². The zero-order chi connectivity index (χ0) is 12.7. The van der Waals surface area contributed by atoms with Crippen LogP contribution in [0.4, 0.5) is 0 Å². The van der Waals surface area contributed by atoms with Gasteiger partial charge in [0.05, 0.1) is 5.92 Å². The number of carbonyl (C=O) groups is 1. The van der Waals surface area contributed by atoms with E-state index in [1.165, 1.54) is 0 Å². The van der Waals surface area contributed by atoms with Crippen LogP contribution in [-0.4, -0.2) is 45.2 Å². The summed E-state index contributed by atoms with van der Waals surface area (Å²) in [6, 6.07) is 0. The van der Waals surface area contributed by atoms with Crippen LogP contribution in [0.3, 0.4) is 0 Å². The maximum atomic E-state index is 10.9. The first-order valence-corrected chi connectivity index (χ1v) is 6.59. The summed E-state index contributed by atoms with van der Waals surface area (Å²) < 4.78 is 2.16. The van der Waals surface area contributed by atoms with Crippen LogP contribution in [-0.2, 0) is 11.3 Å². The number of imidazole rings is 1. The van der Waals surface area contributed by atoms with E-state index in [1.54, 1.807) is 0 Å².